The van der Waals surface area contributed by atoms with E-state index in [1.165, 1.54) is 6.07 Å². The van der Waals surface area contributed by atoms with Crippen LogP contribution in [0.2, 0.25) is 5.02 Å². The zero-order valence-electron chi connectivity index (χ0n) is 25.9. The number of halogens is 5. The third-order valence-electron chi connectivity index (χ3n) is 7.21. The van der Waals surface area contributed by atoms with Gasteiger partial charge in [0.1, 0.15) is 12.3 Å². The number of carbonyl (C=O) groups is 2. The summed E-state index contributed by atoms with van der Waals surface area (Å²) in [5, 5.41) is 10.8. The van der Waals surface area contributed by atoms with E-state index >= 15 is 0 Å². The quantitative estimate of drug-likeness (QED) is 0.0722. The van der Waals surface area contributed by atoms with Crippen molar-refractivity contribution in [1.29, 1.82) is 0 Å². The molecule has 0 saturated carbocycles. The van der Waals surface area contributed by atoms with Crippen LogP contribution >= 0.6 is 34.2 Å². The normalized spacial score (nSPS) is 11.1. The van der Waals surface area contributed by atoms with E-state index < -0.39 is 30.2 Å². The summed E-state index contributed by atoms with van der Waals surface area (Å²) < 4.78 is 46.9. The molecule has 4 rings (SSSR count). The standard InChI is InChI=1S/C35H34ClF3N2O4.CH3I/c36-34-28(15-8-17-31(34)35(37,38)39)23-41(24-30(26-11-3-1-4-12-26)27-13-5-2-6-14-27)18-9-19-45-29-16-7-10-25(20-29)21-32(42)40-22-33(43)44;1-2/h1-8,10-17,20,30H,9,18-19,21-24H2,(H,40,42)(H,43,44);1H3. The fourth-order valence-corrected chi connectivity index (χ4v) is 5.37. The van der Waals surface area contributed by atoms with Gasteiger partial charge in [0.2, 0.25) is 5.91 Å². The highest BCUT2D eigenvalue weighted by Crippen LogP contribution is 2.37. The molecule has 0 fully saturated rings. The van der Waals surface area contributed by atoms with E-state index in [0.29, 0.717) is 43.0 Å². The molecule has 0 aromatic heterocycles. The van der Waals surface area contributed by atoms with Gasteiger partial charge in [0.15, 0.2) is 0 Å². The van der Waals surface area contributed by atoms with Crippen molar-refractivity contribution >= 4 is 46.1 Å². The summed E-state index contributed by atoms with van der Waals surface area (Å²) in [4.78, 5) is 26.8. The Kier molecular flexibility index (Phi) is 15.5. The third kappa shape index (κ3) is 12.5. The first-order valence-electron chi connectivity index (χ1n) is 14.8. The number of benzene rings is 4. The molecule has 11 heteroatoms. The van der Waals surface area contributed by atoms with Gasteiger partial charge in [-0.1, -0.05) is 119 Å². The van der Waals surface area contributed by atoms with E-state index in [4.69, 9.17) is 21.4 Å². The maximum Gasteiger partial charge on any atom is 0.417 e. The van der Waals surface area contributed by atoms with Gasteiger partial charge in [-0.25, -0.2) is 0 Å². The number of amides is 1. The number of alkyl halides is 4. The van der Waals surface area contributed by atoms with Crippen LogP contribution in [0.1, 0.15) is 40.2 Å². The van der Waals surface area contributed by atoms with Gasteiger partial charge in [-0.15, -0.1) is 0 Å². The number of rotatable bonds is 15. The number of nitrogens with zero attached hydrogens (tertiary/aromatic N) is 1. The van der Waals surface area contributed by atoms with Crippen molar-refractivity contribution in [3.8, 4) is 5.75 Å². The fraction of sp³-hybridized carbons (Fsp3) is 0.278. The molecular weight excluding hydrogens is 744 g/mol. The van der Waals surface area contributed by atoms with E-state index in [1.807, 2.05) is 65.6 Å². The first-order valence-corrected chi connectivity index (χ1v) is 17.4. The van der Waals surface area contributed by atoms with Gasteiger partial charge < -0.3 is 15.2 Å². The molecule has 2 N–H and O–H groups in total. The Hall–Kier alpha value is -3.61. The van der Waals surface area contributed by atoms with Crippen LogP contribution in [0.25, 0.3) is 0 Å². The largest absolute Gasteiger partial charge is 0.494 e. The summed E-state index contributed by atoms with van der Waals surface area (Å²) in [6, 6.07) is 30.9. The average Bonchev–Trinajstić information content (AvgIpc) is 3.06. The molecule has 0 aliphatic rings. The maximum absolute atomic E-state index is 13.6. The molecule has 0 aliphatic carbocycles. The van der Waals surface area contributed by atoms with Gasteiger partial charge >= 0.3 is 12.1 Å². The molecule has 0 bridgehead atoms. The highest BCUT2D eigenvalue weighted by Gasteiger charge is 2.34. The Balaban J connectivity index is 0.00000294. The maximum atomic E-state index is 13.6. The van der Waals surface area contributed by atoms with Crippen molar-refractivity contribution in [3.63, 3.8) is 0 Å². The smallest absolute Gasteiger partial charge is 0.417 e. The van der Waals surface area contributed by atoms with Gasteiger partial charge in [-0.3, -0.25) is 14.5 Å². The summed E-state index contributed by atoms with van der Waals surface area (Å²) in [5.41, 5.74) is 2.38. The lowest BCUT2D eigenvalue weighted by molar-refractivity contribution is -0.138. The van der Waals surface area contributed by atoms with Crippen LogP contribution in [0, 0.1) is 0 Å². The second-order valence-electron chi connectivity index (χ2n) is 10.6. The number of carboxylic acids is 1. The highest BCUT2D eigenvalue weighted by molar-refractivity contribution is 14.1. The lowest BCUT2D eigenvalue weighted by Gasteiger charge is -2.29. The summed E-state index contributed by atoms with van der Waals surface area (Å²) in [7, 11) is 0. The van der Waals surface area contributed by atoms with Gasteiger partial charge in [0.25, 0.3) is 0 Å². The van der Waals surface area contributed by atoms with E-state index in [1.54, 1.807) is 30.3 Å². The molecule has 6 nitrogen and oxygen atoms in total. The zero-order valence-corrected chi connectivity index (χ0v) is 28.8. The number of hydrogen-bond donors (Lipinski definition) is 2. The molecule has 0 aliphatic heterocycles. The molecule has 0 spiro atoms. The number of nitrogens with one attached hydrogen (secondary N) is 1. The van der Waals surface area contributed by atoms with Crippen LogP contribution in [-0.4, -0.2) is 53.1 Å². The van der Waals surface area contributed by atoms with Gasteiger partial charge in [0.05, 0.1) is 23.6 Å². The lowest BCUT2D eigenvalue weighted by atomic mass is 9.90. The molecule has 4 aromatic rings. The lowest BCUT2D eigenvalue weighted by Crippen LogP contribution is -2.31. The van der Waals surface area contributed by atoms with Crippen LogP contribution in [0.15, 0.2) is 103 Å². The van der Waals surface area contributed by atoms with Crippen molar-refractivity contribution < 1.29 is 32.6 Å². The molecular formula is C36H37ClF3IN2O4. The predicted molar refractivity (Wildman–Crippen MR) is 187 cm³/mol. The number of hydrogen-bond acceptors (Lipinski definition) is 4. The van der Waals surface area contributed by atoms with E-state index in [9.17, 15) is 22.8 Å². The Morgan fingerprint density at radius 3 is 2.13 bits per heavy atom. The molecule has 250 valence electrons. The summed E-state index contributed by atoms with van der Waals surface area (Å²) >= 11 is 8.46. The Morgan fingerprint density at radius 2 is 1.53 bits per heavy atom. The highest BCUT2D eigenvalue weighted by atomic mass is 127. The summed E-state index contributed by atoms with van der Waals surface area (Å²) in [6.45, 7) is 1.12. The SMILES string of the molecule is CI.O=C(O)CNC(=O)Cc1cccc(OCCCN(Cc2cccc(C(F)(F)F)c2Cl)CC(c2ccccc2)c2ccccc2)c1. The molecule has 0 unspecified atom stereocenters. The fourth-order valence-electron chi connectivity index (χ4n) is 5.07. The Bertz CT molecular complexity index is 1520. The van der Waals surface area contributed by atoms with Crippen molar-refractivity contribution in [3.05, 3.63) is 136 Å². The van der Waals surface area contributed by atoms with Gasteiger partial charge in [-0.2, -0.15) is 13.2 Å². The van der Waals surface area contributed by atoms with Crippen LogP contribution < -0.4 is 10.1 Å². The van der Waals surface area contributed by atoms with Crippen LogP contribution in [0.4, 0.5) is 13.2 Å². The minimum atomic E-state index is -4.56. The van der Waals surface area contributed by atoms with Crippen molar-refractivity contribution in [2.45, 2.75) is 31.5 Å². The Labute approximate surface area is 292 Å². The van der Waals surface area contributed by atoms with E-state index in [-0.39, 0.29) is 23.9 Å². The minimum Gasteiger partial charge on any atom is -0.494 e. The third-order valence-corrected chi connectivity index (χ3v) is 7.66. The molecule has 4 aromatic carbocycles. The van der Waals surface area contributed by atoms with E-state index in [0.717, 1.165) is 17.2 Å². The molecule has 0 radical (unpaired) electrons. The number of aliphatic carboxylic acids is 1. The van der Waals surface area contributed by atoms with Gasteiger partial charge in [-0.05, 0) is 51.8 Å². The number of carbonyl (C=O) groups excluding carboxylic acids is 1. The van der Waals surface area contributed by atoms with Crippen LogP contribution in [0.5, 0.6) is 5.75 Å². The van der Waals surface area contributed by atoms with E-state index in [2.05, 4.69) is 32.8 Å². The molecule has 1 amide bonds. The van der Waals surface area contributed by atoms with Crippen molar-refractivity contribution in [2.24, 2.45) is 0 Å². The van der Waals surface area contributed by atoms with Crippen molar-refractivity contribution in [2.75, 3.05) is 31.2 Å². The van der Waals surface area contributed by atoms with Crippen LogP contribution in [-0.2, 0) is 28.7 Å². The predicted octanol–water partition coefficient (Wildman–Crippen LogP) is 8.26. The summed E-state index contributed by atoms with van der Waals surface area (Å²) in [6.07, 6.45) is -3.99. The van der Waals surface area contributed by atoms with Crippen LogP contribution in [0.3, 0.4) is 0 Å². The number of ether oxygens (including phenoxy) is 1. The zero-order chi connectivity index (χ0) is 34.2. The molecule has 0 atom stereocenters. The monoisotopic (exact) mass is 780 g/mol. The minimum absolute atomic E-state index is 0.0103. The second-order valence-corrected chi connectivity index (χ2v) is 11.0. The molecule has 47 heavy (non-hydrogen) atoms. The average molecular weight is 781 g/mol. The van der Waals surface area contributed by atoms with Gasteiger partial charge in [0, 0.05) is 25.6 Å². The number of carboxylic acid groups (broad SMARTS) is 1. The Morgan fingerprint density at radius 1 is 0.915 bits per heavy atom. The molecule has 0 saturated heterocycles. The second kappa shape index (κ2) is 19.3. The summed E-state index contributed by atoms with van der Waals surface area (Å²) in [5.74, 6) is -1.02. The topological polar surface area (TPSA) is 78.9 Å². The van der Waals surface area contributed by atoms with Crippen molar-refractivity contribution in [1.82, 2.24) is 10.2 Å². The first-order chi connectivity index (χ1) is 22.6. The first kappa shape index (κ1) is 37.8. The molecule has 0 heterocycles.